The first-order valence-corrected chi connectivity index (χ1v) is 11.8. The Hall–Kier alpha value is -2.26. The van der Waals surface area contributed by atoms with E-state index in [9.17, 15) is 0 Å². The van der Waals surface area contributed by atoms with Crippen LogP contribution in [0.2, 0.25) is 0 Å². The maximum absolute atomic E-state index is 2.39. The van der Waals surface area contributed by atoms with Crippen LogP contribution in [0.15, 0.2) is 109 Å². The molecule has 0 aliphatic rings. The highest BCUT2D eigenvalue weighted by Gasteiger charge is 2.12. The molecule has 0 saturated heterocycles. The molecule has 0 aliphatic carbocycles. The Bertz CT molecular complexity index is 941. The van der Waals surface area contributed by atoms with Gasteiger partial charge in [0.05, 0.1) is 0 Å². The topological polar surface area (TPSA) is 0 Å². The predicted molar refractivity (Wildman–Crippen MR) is 129 cm³/mol. The van der Waals surface area contributed by atoms with Crippen molar-refractivity contribution >= 4 is 27.8 Å². The Morgan fingerprint density at radius 1 is 0.464 bits per heavy atom. The van der Waals surface area contributed by atoms with E-state index >= 15 is 0 Å². The highest BCUT2D eigenvalue weighted by Crippen LogP contribution is 2.37. The van der Waals surface area contributed by atoms with Gasteiger partial charge in [-0.25, -0.2) is 0 Å². The lowest BCUT2D eigenvalue weighted by molar-refractivity contribution is 1.41. The van der Waals surface area contributed by atoms with Crippen LogP contribution in [0.5, 0.6) is 0 Å². The van der Waals surface area contributed by atoms with Gasteiger partial charge >= 0.3 is 0 Å². The summed E-state index contributed by atoms with van der Waals surface area (Å²) in [6.07, 6.45) is 0. The third-order valence-corrected chi connectivity index (χ3v) is 7.99. The molecule has 0 N–H and O–H groups in total. The summed E-state index contributed by atoms with van der Waals surface area (Å²) in [4.78, 5) is 0. The van der Waals surface area contributed by atoms with Crippen molar-refractivity contribution in [1.29, 1.82) is 0 Å². The van der Waals surface area contributed by atoms with Crippen molar-refractivity contribution in [1.82, 2.24) is 0 Å². The van der Waals surface area contributed by atoms with Crippen molar-refractivity contribution in [2.24, 2.45) is 0 Å². The van der Waals surface area contributed by atoms with Crippen molar-refractivity contribution in [3.63, 3.8) is 0 Å². The van der Waals surface area contributed by atoms with E-state index in [0.717, 1.165) is 17.2 Å². The van der Waals surface area contributed by atoms with Crippen molar-refractivity contribution in [2.75, 3.05) is 0 Å². The lowest BCUT2D eigenvalue weighted by Gasteiger charge is -2.17. The summed E-state index contributed by atoms with van der Waals surface area (Å²) in [7, 11) is 1.59. The molecule has 0 bridgehead atoms. The van der Waals surface area contributed by atoms with E-state index in [2.05, 4.69) is 116 Å². The summed E-state index contributed by atoms with van der Waals surface area (Å²) in [5, 5.41) is 3.55. The Morgan fingerprint density at radius 2 is 0.821 bits per heavy atom. The molecular formula is C26H24P2. The molecule has 2 unspecified atom stereocenters. The zero-order chi connectivity index (χ0) is 19.2. The molecule has 0 radical (unpaired) electrons. The molecule has 2 heteroatoms. The second-order valence-corrected chi connectivity index (χ2v) is 10.8. The van der Waals surface area contributed by atoms with Gasteiger partial charge < -0.3 is 0 Å². The number of rotatable bonds is 6. The Morgan fingerprint density at radius 3 is 1.25 bits per heavy atom. The largest absolute Gasteiger partial charge is 0.0823 e. The van der Waals surface area contributed by atoms with Gasteiger partial charge in [0, 0.05) is 0 Å². The van der Waals surface area contributed by atoms with Crippen molar-refractivity contribution in [3.05, 3.63) is 109 Å². The summed E-state index contributed by atoms with van der Waals surface area (Å²) < 4.78 is 0. The standard InChI is InChI=1S/C26H24P2/c1-20(27-25-18-10-8-16-23(25)21-12-4-2-5-13-21)28-26-19-11-9-17-24(26)22-14-6-3-7-15-22/h2-20,27-28H,1H3. The number of hydrogen-bond acceptors (Lipinski definition) is 0. The third kappa shape index (κ3) is 4.59. The highest BCUT2D eigenvalue weighted by atomic mass is 31.1. The summed E-state index contributed by atoms with van der Waals surface area (Å²) >= 11 is 0. The molecule has 0 saturated carbocycles. The zero-order valence-electron chi connectivity index (χ0n) is 16.0. The number of hydrogen-bond donors (Lipinski definition) is 0. The van der Waals surface area contributed by atoms with Crippen molar-refractivity contribution < 1.29 is 0 Å². The SMILES string of the molecule is CC(Pc1ccccc1-c1ccccc1)Pc1ccccc1-c1ccccc1. The Labute approximate surface area is 171 Å². The van der Waals surface area contributed by atoms with Gasteiger partial charge in [-0.1, -0.05) is 133 Å². The maximum atomic E-state index is 2.39. The van der Waals surface area contributed by atoms with E-state index in [1.807, 2.05) is 0 Å². The van der Waals surface area contributed by atoms with Crippen LogP contribution in [-0.2, 0) is 0 Å². The highest BCUT2D eigenvalue weighted by molar-refractivity contribution is 7.65. The molecule has 0 heterocycles. The van der Waals surface area contributed by atoms with E-state index in [1.165, 1.54) is 32.9 Å². The smallest absolute Gasteiger partial charge is 0.000806 e. The first-order chi connectivity index (χ1) is 13.8. The molecule has 2 atom stereocenters. The fourth-order valence-electron chi connectivity index (χ4n) is 3.46. The van der Waals surface area contributed by atoms with E-state index in [0.29, 0.717) is 5.40 Å². The van der Waals surface area contributed by atoms with Crippen LogP contribution < -0.4 is 10.6 Å². The molecule has 28 heavy (non-hydrogen) atoms. The van der Waals surface area contributed by atoms with E-state index in [1.54, 1.807) is 0 Å². The molecular weight excluding hydrogens is 374 g/mol. The normalized spacial score (nSPS) is 12.8. The fourth-order valence-corrected chi connectivity index (χ4v) is 6.77. The van der Waals surface area contributed by atoms with Crippen LogP contribution in [0.25, 0.3) is 22.3 Å². The van der Waals surface area contributed by atoms with Crippen LogP contribution in [-0.4, -0.2) is 5.40 Å². The van der Waals surface area contributed by atoms with E-state index < -0.39 is 0 Å². The number of benzene rings is 4. The third-order valence-electron chi connectivity index (χ3n) is 4.77. The first kappa shape index (κ1) is 19.1. The van der Waals surface area contributed by atoms with Gasteiger partial charge in [0.15, 0.2) is 0 Å². The average Bonchev–Trinajstić information content (AvgIpc) is 2.76. The first-order valence-electron chi connectivity index (χ1n) is 9.63. The molecule has 0 aromatic heterocycles. The predicted octanol–water partition coefficient (Wildman–Crippen LogP) is 6.67. The maximum Gasteiger partial charge on any atom is -0.000806 e. The minimum atomic E-state index is 0.620. The summed E-state index contributed by atoms with van der Waals surface area (Å²) in [5.74, 6) is 0. The zero-order valence-corrected chi connectivity index (χ0v) is 18.0. The average molecular weight is 398 g/mol. The second kappa shape index (κ2) is 9.29. The molecule has 4 aromatic carbocycles. The van der Waals surface area contributed by atoms with Crippen LogP contribution in [0, 0.1) is 0 Å². The molecule has 0 aliphatic heterocycles. The van der Waals surface area contributed by atoms with Gasteiger partial charge in [-0.15, -0.1) is 0 Å². The quantitative estimate of drug-likeness (QED) is 0.318. The molecule has 0 fully saturated rings. The van der Waals surface area contributed by atoms with Gasteiger partial charge in [0.2, 0.25) is 0 Å². The Balaban J connectivity index is 1.57. The molecule has 138 valence electrons. The monoisotopic (exact) mass is 398 g/mol. The fraction of sp³-hybridized carbons (Fsp3) is 0.0769. The van der Waals surface area contributed by atoms with Crippen molar-refractivity contribution in [2.45, 2.75) is 12.3 Å². The lowest BCUT2D eigenvalue weighted by atomic mass is 10.1. The van der Waals surface area contributed by atoms with Crippen LogP contribution in [0.1, 0.15) is 6.92 Å². The van der Waals surface area contributed by atoms with Crippen LogP contribution in [0.4, 0.5) is 0 Å². The summed E-state index contributed by atoms with van der Waals surface area (Å²) in [5.41, 5.74) is 5.36. The molecule has 4 aromatic rings. The van der Waals surface area contributed by atoms with Gasteiger partial charge in [0.1, 0.15) is 0 Å². The summed E-state index contributed by atoms with van der Waals surface area (Å²) in [6.45, 7) is 2.39. The minimum Gasteiger partial charge on any atom is -0.0823 e. The van der Waals surface area contributed by atoms with Gasteiger partial charge in [0.25, 0.3) is 0 Å². The van der Waals surface area contributed by atoms with Gasteiger partial charge in [-0.05, 0) is 38.3 Å². The van der Waals surface area contributed by atoms with Gasteiger partial charge in [-0.3, -0.25) is 0 Å². The minimum absolute atomic E-state index is 0.620. The van der Waals surface area contributed by atoms with Crippen LogP contribution >= 0.6 is 17.2 Å². The molecule has 0 amide bonds. The lowest BCUT2D eigenvalue weighted by Crippen LogP contribution is -2.07. The molecule has 0 spiro atoms. The Kier molecular flexibility index (Phi) is 6.33. The molecule has 4 rings (SSSR count). The molecule has 0 nitrogen and oxygen atoms in total. The van der Waals surface area contributed by atoms with Crippen LogP contribution in [0.3, 0.4) is 0 Å². The summed E-state index contributed by atoms with van der Waals surface area (Å²) in [6, 6.07) is 39.2. The van der Waals surface area contributed by atoms with Crippen molar-refractivity contribution in [3.8, 4) is 22.3 Å². The van der Waals surface area contributed by atoms with Gasteiger partial charge in [-0.2, -0.15) is 0 Å². The van der Waals surface area contributed by atoms with E-state index in [-0.39, 0.29) is 0 Å². The second-order valence-electron chi connectivity index (χ2n) is 6.83. The van der Waals surface area contributed by atoms with E-state index in [4.69, 9.17) is 0 Å².